The molecule has 0 fully saturated rings. The molecule has 0 heterocycles. The number of benzene rings is 2. The number of rotatable bonds is 6. The Balaban J connectivity index is 2.04. The minimum Gasteiger partial charge on any atom is -0.492 e. The van der Waals surface area contributed by atoms with Crippen LogP contribution in [-0.4, -0.2) is 24.2 Å². The highest BCUT2D eigenvalue weighted by Gasteiger charge is 2.13. The van der Waals surface area contributed by atoms with Gasteiger partial charge in [0.15, 0.2) is 5.11 Å². The maximum absolute atomic E-state index is 12.4. The van der Waals surface area contributed by atoms with Crippen LogP contribution in [-0.2, 0) is 0 Å². The van der Waals surface area contributed by atoms with Gasteiger partial charge < -0.3 is 14.8 Å². The minimum absolute atomic E-state index is 0.0784. The smallest absolute Gasteiger partial charge is 0.387 e. The molecule has 138 valence electrons. The van der Waals surface area contributed by atoms with E-state index in [1.807, 2.05) is 6.92 Å². The average Bonchev–Trinajstić information content (AvgIpc) is 2.58. The number of nitrogens with one attached hydrogen (secondary N) is 2. The Labute approximate surface area is 159 Å². The van der Waals surface area contributed by atoms with Crippen LogP contribution in [0, 0.1) is 0 Å². The molecule has 0 bridgehead atoms. The fraction of sp³-hybridized carbons (Fsp3) is 0.176. The standard InChI is InChI=1S/C17H15ClF2N2O3S/c1-2-24-13-8-7-10(9-11(13)18)15(23)22-17(26)21-12-5-3-4-6-14(12)25-16(19)20/h3-9,16H,2H2,1H3,(H2,21,22,23,26). The molecule has 0 aliphatic heterocycles. The number of para-hydroxylation sites is 2. The van der Waals surface area contributed by atoms with E-state index in [1.165, 1.54) is 30.3 Å². The van der Waals surface area contributed by atoms with E-state index in [2.05, 4.69) is 15.4 Å². The van der Waals surface area contributed by atoms with Crippen molar-refractivity contribution in [1.82, 2.24) is 5.32 Å². The quantitative estimate of drug-likeness (QED) is 0.701. The Morgan fingerprint density at radius 2 is 1.96 bits per heavy atom. The predicted molar refractivity (Wildman–Crippen MR) is 99.4 cm³/mol. The third kappa shape index (κ3) is 5.53. The van der Waals surface area contributed by atoms with E-state index in [0.717, 1.165) is 0 Å². The number of alkyl halides is 2. The van der Waals surface area contributed by atoms with Gasteiger partial charge in [-0.25, -0.2) is 0 Å². The lowest BCUT2D eigenvalue weighted by Gasteiger charge is -2.14. The van der Waals surface area contributed by atoms with Gasteiger partial charge in [-0.2, -0.15) is 8.78 Å². The summed E-state index contributed by atoms with van der Waals surface area (Å²) >= 11 is 11.1. The minimum atomic E-state index is -2.98. The molecule has 2 aromatic rings. The van der Waals surface area contributed by atoms with E-state index < -0.39 is 12.5 Å². The third-order valence-electron chi connectivity index (χ3n) is 3.07. The fourth-order valence-corrected chi connectivity index (χ4v) is 2.45. The largest absolute Gasteiger partial charge is 0.492 e. The predicted octanol–water partition coefficient (Wildman–Crippen LogP) is 4.47. The second-order valence-corrected chi connectivity index (χ2v) is 5.68. The Bertz CT molecular complexity index is 805. The first-order valence-electron chi connectivity index (χ1n) is 7.49. The van der Waals surface area contributed by atoms with Gasteiger partial charge in [-0.1, -0.05) is 23.7 Å². The number of amides is 1. The molecule has 0 aromatic heterocycles. The average molecular weight is 401 g/mol. The zero-order chi connectivity index (χ0) is 19.1. The third-order valence-corrected chi connectivity index (χ3v) is 3.57. The van der Waals surface area contributed by atoms with Crippen LogP contribution in [0.3, 0.4) is 0 Å². The van der Waals surface area contributed by atoms with Gasteiger partial charge in [0.05, 0.1) is 17.3 Å². The topological polar surface area (TPSA) is 59.6 Å². The van der Waals surface area contributed by atoms with Crippen LogP contribution in [0.2, 0.25) is 5.02 Å². The number of carbonyl (C=O) groups excluding carboxylic acids is 1. The molecule has 2 N–H and O–H groups in total. The molecule has 2 aromatic carbocycles. The van der Waals surface area contributed by atoms with Gasteiger partial charge in [-0.15, -0.1) is 0 Å². The first kappa shape index (κ1) is 19.9. The van der Waals surface area contributed by atoms with Crippen molar-refractivity contribution in [2.45, 2.75) is 13.5 Å². The molecule has 0 saturated carbocycles. The number of anilines is 1. The number of thiocarbonyl (C=S) groups is 1. The molecule has 0 aliphatic rings. The second kappa shape index (κ2) is 9.30. The highest BCUT2D eigenvalue weighted by Crippen LogP contribution is 2.26. The first-order chi connectivity index (χ1) is 12.4. The van der Waals surface area contributed by atoms with Crippen LogP contribution in [0.15, 0.2) is 42.5 Å². The van der Waals surface area contributed by atoms with Gasteiger partial charge in [-0.05, 0) is 49.5 Å². The Kier molecular flexibility index (Phi) is 7.11. The van der Waals surface area contributed by atoms with E-state index in [1.54, 1.807) is 12.1 Å². The highest BCUT2D eigenvalue weighted by molar-refractivity contribution is 7.80. The van der Waals surface area contributed by atoms with Gasteiger partial charge in [0.1, 0.15) is 11.5 Å². The molecule has 0 aliphatic carbocycles. The van der Waals surface area contributed by atoms with Gasteiger partial charge >= 0.3 is 6.61 Å². The summed E-state index contributed by atoms with van der Waals surface area (Å²) in [5, 5.41) is 5.30. The Morgan fingerprint density at radius 3 is 2.62 bits per heavy atom. The number of halogens is 3. The zero-order valence-electron chi connectivity index (χ0n) is 13.6. The zero-order valence-corrected chi connectivity index (χ0v) is 15.2. The number of ether oxygens (including phenoxy) is 2. The molecule has 5 nitrogen and oxygen atoms in total. The van der Waals surface area contributed by atoms with Crippen LogP contribution in [0.25, 0.3) is 0 Å². The number of carbonyl (C=O) groups is 1. The van der Waals surface area contributed by atoms with Crippen molar-refractivity contribution in [3.8, 4) is 11.5 Å². The lowest BCUT2D eigenvalue weighted by Crippen LogP contribution is -2.34. The maximum Gasteiger partial charge on any atom is 0.387 e. The lowest BCUT2D eigenvalue weighted by atomic mass is 10.2. The molecule has 0 spiro atoms. The number of hydrogen-bond acceptors (Lipinski definition) is 4. The molecule has 26 heavy (non-hydrogen) atoms. The van der Waals surface area contributed by atoms with E-state index in [0.29, 0.717) is 12.4 Å². The van der Waals surface area contributed by atoms with E-state index in [4.69, 9.17) is 28.6 Å². The molecule has 0 unspecified atom stereocenters. The molecule has 0 saturated heterocycles. The summed E-state index contributed by atoms with van der Waals surface area (Å²) in [4.78, 5) is 12.2. The summed E-state index contributed by atoms with van der Waals surface area (Å²) in [5.74, 6) is -0.146. The fourth-order valence-electron chi connectivity index (χ4n) is 2.01. The molecule has 0 radical (unpaired) electrons. The van der Waals surface area contributed by atoms with Crippen LogP contribution in [0.5, 0.6) is 11.5 Å². The molecular weight excluding hydrogens is 386 g/mol. The van der Waals surface area contributed by atoms with Crippen molar-refractivity contribution >= 4 is 40.5 Å². The lowest BCUT2D eigenvalue weighted by molar-refractivity contribution is -0.0493. The van der Waals surface area contributed by atoms with Crippen molar-refractivity contribution in [3.05, 3.63) is 53.1 Å². The molecule has 2 rings (SSSR count). The van der Waals surface area contributed by atoms with Gasteiger partial charge in [-0.3, -0.25) is 10.1 Å². The molecule has 0 atom stereocenters. The van der Waals surface area contributed by atoms with Gasteiger partial charge in [0.2, 0.25) is 0 Å². The van der Waals surface area contributed by atoms with E-state index in [-0.39, 0.29) is 27.1 Å². The summed E-state index contributed by atoms with van der Waals surface area (Å²) in [6.45, 7) is -0.720. The van der Waals surface area contributed by atoms with Gasteiger partial charge in [0.25, 0.3) is 5.91 Å². The molecular formula is C17H15ClF2N2O3S. The van der Waals surface area contributed by atoms with Crippen LogP contribution >= 0.6 is 23.8 Å². The van der Waals surface area contributed by atoms with Crippen molar-refractivity contribution in [2.75, 3.05) is 11.9 Å². The Hall–Kier alpha value is -2.45. The van der Waals surface area contributed by atoms with E-state index >= 15 is 0 Å². The summed E-state index contributed by atoms with van der Waals surface area (Å²) in [6.07, 6.45) is 0. The number of hydrogen-bond donors (Lipinski definition) is 2. The summed E-state index contributed by atoms with van der Waals surface area (Å²) in [7, 11) is 0. The first-order valence-corrected chi connectivity index (χ1v) is 8.27. The summed E-state index contributed by atoms with van der Waals surface area (Å²) < 4.78 is 34.5. The van der Waals surface area contributed by atoms with Crippen LogP contribution < -0.4 is 20.1 Å². The van der Waals surface area contributed by atoms with E-state index in [9.17, 15) is 13.6 Å². The van der Waals surface area contributed by atoms with Crippen LogP contribution in [0.1, 0.15) is 17.3 Å². The second-order valence-electron chi connectivity index (χ2n) is 4.86. The maximum atomic E-state index is 12.4. The molecule has 9 heteroatoms. The Morgan fingerprint density at radius 1 is 1.23 bits per heavy atom. The summed E-state index contributed by atoms with van der Waals surface area (Å²) in [5.41, 5.74) is 0.461. The summed E-state index contributed by atoms with van der Waals surface area (Å²) in [6, 6.07) is 10.5. The van der Waals surface area contributed by atoms with Crippen molar-refractivity contribution in [2.24, 2.45) is 0 Å². The van der Waals surface area contributed by atoms with Gasteiger partial charge in [0, 0.05) is 5.56 Å². The SMILES string of the molecule is CCOc1ccc(C(=O)NC(=S)Nc2ccccc2OC(F)F)cc1Cl. The monoisotopic (exact) mass is 400 g/mol. The molecule has 1 amide bonds. The van der Waals surface area contributed by atoms with Crippen molar-refractivity contribution in [1.29, 1.82) is 0 Å². The van der Waals surface area contributed by atoms with Crippen molar-refractivity contribution < 1.29 is 23.0 Å². The normalized spacial score (nSPS) is 10.3. The highest BCUT2D eigenvalue weighted by atomic mass is 35.5. The van der Waals surface area contributed by atoms with Crippen molar-refractivity contribution in [3.63, 3.8) is 0 Å². The van der Waals surface area contributed by atoms with Crippen LogP contribution in [0.4, 0.5) is 14.5 Å².